The molecule has 0 aliphatic carbocycles. The Hall–Kier alpha value is -1.51. The molecular formula is C17H26N2O. The Kier molecular flexibility index (Phi) is 4.69. The number of carbonyl (C=O) groups excluding carboxylic acids is 1. The Morgan fingerprint density at radius 2 is 1.70 bits per heavy atom. The lowest BCUT2D eigenvalue weighted by Gasteiger charge is -2.37. The number of benzene rings is 1. The quantitative estimate of drug-likeness (QED) is 0.845. The van der Waals surface area contributed by atoms with E-state index in [1.165, 1.54) is 11.3 Å². The zero-order valence-corrected chi connectivity index (χ0v) is 13.1. The van der Waals surface area contributed by atoms with E-state index in [4.69, 9.17) is 0 Å². The number of carbonyl (C=O) groups is 1. The largest absolute Gasteiger partial charge is 0.368 e. The minimum atomic E-state index is 0.103. The molecule has 1 aromatic rings. The first kappa shape index (κ1) is 14.9. The van der Waals surface area contributed by atoms with Crippen molar-refractivity contribution >= 4 is 11.6 Å². The summed E-state index contributed by atoms with van der Waals surface area (Å²) in [6, 6.07) is 8.78. The highest BCUT2D eigenvalue weighted by Crippen LogP contribution is 2.22. The van der Waals surface area contributed by atoms with Crippen molar-refractivity contribution in [2.75, 3.05) is 31.1 Å². The molecule has 0 saturated carbocycles. The second-order valence-electron chi connectivity index (χ2n) is 6.22. The molecule has 2 rings (SSSR count). The molecule has 0 N–H and O–H groups in total. The Morgan fingerprint density at radius 3 is 2.25 bits per heavy atom. The number of piperazine rings is 1. The molecule has 0 radical (unpaired) electrons. The van der Waals surface area contributed by atoms with E-state index in [1.54, 1.807) is 0 Å². The van der Waals surface area contributed by atoms with Crippen molar-refractivity contribution in [3.63, 3.8) is 0 Å². The smallest absolute Gasteiger partial charge is 0.225 e. The fourth-order valence-electron chi connectivity index (χ4n) is 2.63. The van der Waals surface area contributed by atoms with Gasteiger partial charge in [0.2, 0.25) is 5.91 Å². The zero-order chi connectivity index (χ0) is 14.7. The van der Waals surface area contributed by atoms with Gasteiger partial charge in [0.1, 0.15) is 0 Å². The van der Waals surface area contributed by atoms with Gasteiger partial charge in [-0.05, 0) is 23.6 Å². The zero-order valence-electron chi connectivity index (χ0n) is 13.1. The third-order valence-electron chi connectivity index (χ3n) is 3.99. The topological polar surface area (TPSA) is 23.6 Å². The number of anilines is 1. The molecule has 1 saturated heterocycles. The van der Waals surface area contributed by atoms with Crippen molar-refractivity contribution in [2.24, 2.45) is 5.92 Å². The van der Waals surface area contributed by atoms with Crippen molar-refractivity contribution in [3.05, 3.63) is 29.8 Å². The van der Waals surface area contributed by atoms with Gasteiger partial charge >= 0.3 is 0 Å². The third kappa shape index (κ3) is 3.33. The lowest BCUT2D eigenvalue weighted by atomic mass is 10.0. The van der Waals surface area contributed by atoms with E-state index < -0.39 is 0 Å². The van der Waals surface area contributed by atoms with Gasteiger partial charge in [-0.1, -0.05) is 39.8 Å². The van der Waals surface area contributed by atoms with Crippen LogP contribution in [0.15, 0.2) is 24.3 Å². The molecule has 1 amide bonds. The number of hydrogen-bond acceptors (Lipinski definition) is 2. The van der Waals surface area contributed by atoms with Crippen LogP contribution in [0.1, 0.15) is 39.2 Å². The van der Waals surface area contributed by atoms with E-state index in [1.807, 2.05) is 18.7 Å². The van der Waals surface area contributed by atoms with Gasteiger partial charge in [0, 0.05) is 37.8 Å². The maximum absolute atomic E-state index is 12.0. The minimum Gasteiger partial charge on any atom is -0.368 e. The first-order valence-electron chi connectivity index (χ1n) is 7.62. The van der Waals surface area contributed by atoms with E-state index in [0.29, 0.717) is 5.92 Å². The van der Waals surface area contributed by atoms with Crippen molar-refractivity contribution in [1.82, 2.24) is 4.90 Å². The first-order valence-corrected chi connectivity index (χ1v) is 7.62. The molecule has 1 heterocycles. The second-order valence-corrected chi connectivity index (χ2v) is 6.22. The molecule has 1 fully saturated rings. The summed E-state index contributed by atoms with van der Waals surface area (Å²) < 4.78 is 0. The van der Waals surface area contributed by atoms with E-state index in [0.717, 1.165) is 26.2 Å². The van der Waals surface area contributed by atoms with Gasteiger partial charge in [0.25, 0.3) is 0 Å². The van der Waals surface area contributed by atoms with Gasteiger partial charge in [0.05, 0.1) is 0 Å². The van der Waals surface area contributed by atoms with E-state index in [-0.39, 0.29) is 11.8 Å². The van der Waals surface area contributed by atoms with Crippen molar-refractivity contribution in [1.29, 1.82) is 0 Å². The third-order valence-corrected chi connectivity index (χ3v) is 3.99. The van der Waals surface area contributed by atoms with E-state index >= 15 is 0 Å². The average molecular weight is 274 g/mol. The van der Waals surface area contributed by atoms with Gasteiger partial charge in [-0.2, -0.15) is 0 Å². The number of amides is 1. The molecule has 0 aromatic heterocycles. The maximum Gasteiger partial charge on any atom is 0.225 e. The van der Waals surface area contributed by atoms with Crippen molar-refractivity contribution in [3.8, 4) is 0 Å². The highest BCUT2D eigenvalue weighted by molar-refractivity contribution is 5.78. The molecule has 110 valence electrons. The fourth-order valence-corrected chi connectivity index (χ4v) is 2.63. The van der Waals surface area contributed by atoms with Gasteiger partial charge in [-0.3, -0.25) is 4.79 Å². The van der Waals surface area contributed by atoms with Crippen LogP contribution in [0.3, 0.4) is 0 Å². The van der Waals surface area contributed by atoms with Gasteiger partial charge in [-0.25, -0.2) is 0 Å². The van der Waals surface area contributed by atoms with Crippen molar-refractivity contribution < 1.29 is 4.79 Å². The molecule has 0 atom stereocenters. The number of hydrogen-bond donors (Lipinski definition) is 0. The summed E-state index contributed by atoms with van der Waals surface area (Å²) in [5.74, 6) is 0.935. The molecule has 1 aromatic carbocycles. The molecule has 1 aliphatic rings. The Bertz CT molecular complexity index is 460. The summed E-state index contributed by atoms with van der Waals surface area (Å²) in [6.07, 6.45) is 0. The van der Waals surface area contributed by atoms with Crippen molar-refractivity contribution in [2.45, 2.75) is 33.6 Å². The van der Waals surface area contributed by atoms with Gasteiger partial charge in [-0.15, -0.1) is 0 Å². The van der Waals surface area contributed by atoms with Crippen LogP contribution in [0, 0.1) is 5.92 Å². The average Bonchev–Trinajstić information content (AvgIpc) is 2.46. The lowest BCUT2D eigenvalue weighted by molar-refractivity contribution is -0.134. The van der Waals surface area contributed by atoms with E-state index in [2.05, 4.69) is 43.0 Å². The second kappa shape index (κ2) is 6.29. The summed E-state index contributed by atoms with van der Waals surface area (Å²) >= 11 is 0. The summed E-state index contributed by atoms with van der Waals surface area (Å²) in [7, 11) is 0. The normalized spacial score (nSPS) is 16.1. The van der Waals surface area contributed by atoms with Crippen LogP contribution in [-0.2, 0) is 4.79 Å². The lowest BCUT2D eigenvalue weighted by Crippen LogP contribution is -2.49. The Morgan fingerprint density at radius 1 is 1.05 bits per heavy atom. The number of rotatable bonds is 3. The Balaban J connectivity index is 2.00. The van der Waals surface area contributed by atoms with E-state index in [9.17, 15) is 4.79 Å². The minimum absolute atomic E-state index is 0.103. The summed E-state index contributed by atoms with van der Waals surface area (Å²) in [6.45, 7) is 11.9. The van der Waals surface area contributed by atoms with Crippen LogP contribution in [-0.4, -0.2) is 37.0 Å². The maximum atomic E-state index is 12.0. The first-order chi connectivity index (χ1) is 9.49. The predicted molar refractivity (Wildman–Crippen MR) is 84.2 cm³/mol. The van der Waals surface area contributed by atoms with Crippen LogP contribution >= 0.6 is 0 Å². The van der Waals surface area contributed by atoms with Crippen LogP contribution in [0.5, 0.6) is 0 Å². The molecule has 20 heavy (non-hydrogen) atoms. The molecule has 0 spiro atoms. The molecule has 1 aliphatic heterocycles. The van der Waals surface area contributed by atoms with Crippen LogP contribution < -0.4 is 4.90 Å². The number of nitrogens with zero attached hydrogens (tertiary/aromatic N) is 2. The molecule has 3 nitrogen and oxygen atoms in total. The fraction of sp³-hybridized carbons (Fsp3) is 0.588. The Labute approximate surface area is 122 Å². The molecular weight excluding hydrogens is 248 g/mol. The SMILES string of the molecule is CC(C)C(=O)N1CCN(c2cccc(C(C)C)c2)CC1. The van der Waals surface area contributed by atoms with Crippen LogP contribution in [0.25, 0.3) is 0 Å². The highest BCUT2D eigenvalue weighted by atomic mass is 16.2. The predicted octanol–water partition coefficient (Wildman–Crippen LogP) is 3.11. The summed E-state index contributed by atoms with van der Waals surface area (Å²) in [5.41, 5.74) is 2.66. The summed E-state index contributed by atoms with van der Waals surface area (Å²) in [4.78, 5) is 16.4. The van der Waals surface area contributed by atoms with Gasteiger partial charge < -0.3 is 9.80 Å². The molecule has 0 unspecified atom stereocenters. The van der Waals surface area contributed by atoms with Gasteiger partial charge in [0.15, 0.2) is 0 Å². The summed E-state index contributed by atoms with van der Waals surface area (Å²) in [5, 5.41) is 0. The molecule has 0 bridgehead atoms. The standard InChI is InChI=1S/C17H26N2O/c1-13(2)15-6-5-7-16(12-15)18-8-10-19(11-9-18)17(20)14(3)4/h5-7,12-14H,8-11H2,1-4H3. The molecule has 3 heteroatoms. The highest BCUT2D eigenvalue weighted by Gasteiger charge is 2.22. The monoisotopic (exact) mass is 274 g/mol. The van der Waals surface area contributed by atoms with Crippen LogP contribution in [0.2, 0.25) is 0 Å². The van der Waals surface area contributed by atoms with Crippen LogP contribution in [0.4, 0.5) is 5.69 Å².